The first-order chi connectivity index (χ1) is 49.4. The molecule has 3 saturated heterocycles. The molecule has 7 atom stereocenters. The number of imidazole rings is 3. The van der Waals surface area contributed by atoms with Gasteiger partial charge in [-0.3, -0.25) is 27.6 Å². The zero-order chi connectivity index (χ0) is 69.1. The van der Waals surface area contributed by atoms with Gasteiger partial charge in [0.1, 0.15) is 114 Å². The number of hydrogen-bond acceptors (Lipinski definition) is 15. The van der Waals surface area contributed by atoms with Gasteiger partial charge in [0.05, 0.1) is 6.04 Å². The van der Waals surface area contributed by atoms with E-state index in [1.54, 1.807) is 32.4 Å². The lowest BCUT2D eigenvalue weighted by atomic mass is 10.1. The van der Waals surface area contributed by atoms with Crippen LogP contribution >= 0.6 is 0 Å². The smallest absolute Gasteiger partial charge is 0.299 e. The van der Waals surface area contributed by atoms with Crippen LogP contribution < -0.4 is 31.4 Å². The third kappa shape index (κ3) is 11.3. The van der Waals surface area contributed by atoms with Crippen LogP contribution in [-0.4, -0.2) is 94.7 Å². The number of ether oxygens (including phenoxy) is 3. The minimum Gasteiger partial charge on any atom is -0.457 e. The van der Waals surface area contributed by atoms with Gasteiger partial charge < -0.3 is 46.1 Å². The predicted octanol–water partition coefficient (Wildman–Crippen LogP) is 13.1. The summed E-state index contributed by atoms with van der Waals surface area (Å²) in [4.78, 5) is 72.0. The van der Waals surface area contributed by atoms with Crippen LogP contribution in [0.15, 0.2) is 214 Å². The summed E-state index contributed by atoms with van der Waals surface area (Å²) in [5.74, 6) is 20.1. The van der Waals surface area contributed by atoms with Crippen molar-refractivity contribution in [3.63, 3.8) is 0 Å². The number of carbonyl (C=O) groups is 3. The van der Waals surface area contributed by atoms with E-state index in [4.69, 9.17) is 46.4 Å². The summed E-state index contributed by atoms with van der Waals surface area (Å²) in [7, 11) is 0. The fourth-order valence-corrected chi connectivity index (χ4v) is 15.3. The van der Waals surface area contributed by atoms with Crippen molar-refractivity contribution in [3.05, 3.63) is 231 Å². The van der Waals surface area contributed by atoms with Gasteiger partial charge in [0.15, 0.2) is 0 Å². The van der Waals surface area contributed by atoms with E-state index in [-0.39, 0.29) is 29.8 Å². The van der Waals surface area contributed by atoms with Crippen molar-refractivity contribution in [2.45, 2.75) is 75.5 Å². The zero-order valence-electron chi connectivity index (χ0n) is 55.4. The lowest BCUT2D eigenvalue weighted by Crippen LogP contribution is -2.38. The third-order valence-corrected chi connectivity index (χ3v) is 20.2. The van der Waals surface area contributed by atoms with Crippen molar-refractivity contribution >= 4 is 51.7 Å². The molecule has 3 aliphatic carbocycles. The summed E-state index contributed by atoms with van der Waals surface area (Å²) in [5.41, 5.74) is 25.3. The maximum Gasteiger partial charge on any atom is 0.299 e. The van der Waals surface area contributed by atoms with Gasteiger partial charge in [-0.15, -0.1) is 0 Å². The SMILES string of the molecule is C=CC(=O)N1CCC2CC21c1nc(-c2ccc(Oc3ccccc3)cc2)c2c(N)nccn12.CC#CC(=O)N1C(c2nc(-c3ccc(Oc4ccccc4)cc3)c3c(N)nccn23)CC2CC21.CC#CC(=O)N1CCC2CC21c1nc(-c2ccc(Oc3ccccc3)cc2)c2c(N)nccn12. The molecule has 12 aromatic rings. The van der Waals surface area contributed by atoms with Crippen molar-refractivity contribution in [1.29, 1.82) is 0 Å². The summed E-state index contributed by atoms with van der Waals surface area (Å²) >= 11 is 0. The maximum atomic E-state index is 12.8. The van der Waals surface area contributed by atoms with Gasteiger partial charge in [0, 0.05) is 73.0 Å². The number of benzene rings is 6. The van der Waals surface area contributed by atoms with Gasteiger partial charge >= 0.3 is 0 Å². The Labute approximate surface area is 581 Å². The van der Waals surface area contributed by atoms with Crippen LogP contribution in [0.3, 0.4) is 0 Å². The number of para-hydroxylation sites is 3. The van der Waals surface area contributed by atoms with Crippen molar-refractivity contribution in [2.24, 2.45) is 17.8 Å². The number of fused-ring (bicyclic) bond motifs is 6. The van der Waals surface area contributed by atoms with E-state index in [0.29, 0.717) is 48.3 Å². The summed E-state index contributed by atoms with van der Waals surface area (Å²) in [6.07, 6.45) is 17.7. The molecule has 0 spiro atoms. The van der Waals surface area contributed by atoms with E-state index in [1.165, 1.54) is 6.08 Å². The van der Waals surface area contributed by atoms with Gasteiger partial charge in [-0.2, -0.15) is 0 Å². The molecular formula is C80H69N15O6. The molecule has 6 N–H and O–H groups in total. The molecule has 6 aromatic carbocycles. The number of carbonyl (C=O) groups excluding carboxylic acids is 3. The Balaban J connectivity index is 0.000000118. The van der Waals surface area contributed by atoms with Crippen LogP contribution in [0.1, 0.15) is 75.9 Å². The monoisotopic (exact) mass is 1340 g/mol. The van der Waals surface area contributed by atoms with Gasteiger partial charge in [-0.25, -0.2) is 29.9 Å². The number of rotatable bonds is 13. The predicted molar refractivity (Wildman–Crippen MR) is 383 cm³/mol. The first kappa shape index (κ1) is 63.0. The van der Waals surface area contributed by atoms with E-state index in [9.17, 15) is 14.4 Å². The van der Waals surface area contributed by atoms with E-state index >= 15 is 0 Å². The number of anilines is 3. The molecule has 3 aliphatic heterocycles. The number of nitrogens with zero attached hydrogens (tertiary/aromatic N) is 12. The number of aromatic nitrogens is 9. The van der Waals surface area contributed by atoms with Crippen LogP contribution in [0.4, 0.5) is 17.5 Å². The summed E-state index contributed by atoms with van der Waals surface area (Å²) in [6, 6.07) is 52.4. The van der Waals surface area contributed by atoms with Gasteiger partial charge in [-0.1, -0.05) is 73.0 Å². The second kappa shape index (κ2) is 25.6. The van der Waals surface area contributed by atoms with E-state index in [1.807, 2.05) is 210 Å². The Morgan fingerprint density at radius 3 is 1.31 bits per heavy atom. The molecule has 6 aromatic heterocycles. The Morgan fingerprint density at radius 2 is 0.881 bits per heavy atom. The lowest BCUT2D eigenvalue weighted by Gasteiger charge is -2.26. The highest BCUT2D eigenvalue weighted by Gasteiger charge is 2.68. The molecule has 6 fully saturated rings. The number of piperidine rings is 3. The molecule has 18 rings (SSSR count). The van der Waals surface area contributed by atoms with E-state index in [0.717, 1.165) is 141 Å². The van der Waals surface area contributed by atoms with E-state index < -0.39 is 11.1 Å². The first-order valence-corrected chi connectivity index (χ1v) is 33.7. The molecular weight excluding hydrogens is 1270 g/mol. The first-order valence-electron chi connectivity index (χ1n) is 33.7. The van der Waals surface area contributed by atoms with E-state index in [2.05, 4.69) is 45.2 Å². The second-order valence-corrected chi connectivity index (χ2v) is 26.0. The summed E-state index contributed by atoms with van der Waals surface area (Å²) < 4.78 is 23.8. The molecule has 21 nitrogen and oxygen atoms in total. The Bertz CT molecular complexity index is 5320. The van der Waals surface area contributed by atoms with Crippen LogP contribution in [-0.2, 0) is 25.5 Å². The molecule has 6 aliphatic rings. The van der Waals surface area contributed by atoms with Gasteiger partial charge in [-0.05, 0) is 197 Å². The fraction of sp³-hybridized carbons (Fsp3) is 0.212. The van der Waals surface area contributed by atoms with Crippen molar-refractivity contribution in [1.82, 2.24) is 57.8 Å². The fourth-order valence-electron chi connectivity index (χ4n) is 15.3. The number of nitrogens with two attached hydrogens (primary N) is 3. The molecule has 0 radical (unpaired) electrons. The van der Waals surface area contributed by atoms with Gasteiger partial charge in [0.2, 0.25) is 5.91 Å². The number of amides is 3. The average Bonchev–Trinajstić information content (AvgIpc) is 1.52. The Kier molecular flexibility index (Phi) is 16.0. The normalized spacial score (nSPS) is 20.7. The number of nitrogen functional groups attached to an aromatic ring is 3. The highest BCUT2D eigenvalue weighted by Crippen LogP contribution is 2.64. The highest BCUT2D eigenvalue weighted by atomic mass is 16.5. The molecule has 21 heteroatoms. The zero-order valence-corrected chi connectivity index (χ0v) is 55.4. The molecule has 500 valence electrons. The second-order valence-electron chi connectivity index (χ2n) is 26.0. The minimum atomic E-state index is -0.438. The topological polar surface area (TPSA) is 257 Å². The minimum absolute atomic E-state index is 0.0576. The maximum absolute atomic E-state index is 12.8. The summed E-state index contributed by atoms with van der Waals surface area (Å²) in [6.45, 7) is 8.47. The molecule has 3 saturated carbocycles. The third-order valence-electron chi connectivity index (χ3n) is 20.2. The average molecular weight is 1340 g/mol. The number of likely N-dealkylation sites (tertiary alicyclic amines) is 3. The van der Waals surface area contributed by atoms with Crippen LogP contribution in [0, 0.1) is 41.4 Å². The van der Waals surface area contributed by atoms with Gasteiger partial charge in [0.25, 0.3) is 11.8 Å². The largest absolute Gasteiger partial charge is 0.457 e. The standard InChI is InChI=1S/2C27H23N5O2.C26H23N5O2/c1-2-6-22(33)32-15-13-19-17-27(19,32)26-30-23(24-25(28)29-14-16-31(24)26)18-9-11-21(12-10-18)34-20-7-4-3-5-8-20;1-2-6-23(33)32-21-15-18(21)16-22(32)27-30-24(25-26(28)29-13-14-31(25)27)17-9-11-20(12-10-17)34-19-7-4-3-5-8-19;1-2-21(32)31-14-12-18-16-26(18,31)25-29-22(23-24(27)28-13-15-30(23)25)17-8-10-20(11-9-17)33-19-6-4-3-5-7-19/h3-5,7-12,14,16,19H,13,15,17H2,1H3,(H2,28,29);3-5,7-14,18,21-22H,15-16H2,1H3,(H2,28,29);2-11,13,15,18H,1,12,14,16H2,(H2,27,28). The van der Waals surface area contributed by atoms with Crippen LogP contribution in [0.2, 0.25) is 0 Å². The Hall–Kier alpha value is -12.8. The molecule has 101 heavy (non-hydrogen) atoms. The Morgan fingerprint density at radius 1 is 0.495 bits per heavy atom. The quantitative estimate of drug-likeness (QED) is 0.0716. The van der Waals surface area contributed by atoms with Crippen LogP contribution in [0.5, 0.6) is 34.5 Å². The molecule has 7 unspecified atom stereocenters. The molecule has 0 bridgehead atoms. The highest BCUT2D eigenvalue weighted by molar-refractivity contribution is 5.96. The van der Waals surface area contributed by atoms with Crippen molar-refractivity contribution in [2.75, 3.05) is 30.3 Å². The van der Waals surface area contributed by atoms with Crippen molar-refractivity contribution in [3.8, 4) is 92.0 Å². The van der Waals surface area contributed by atoms with Crippen LogP contribution in [0.25, 0.3) is 50.3 Å². The lowest BCUT2D eigenvalue weighted by molar-refractivity contribution is -0.129. The molecule has 9 heterocycles. The summed E-state index contributed by atoms with van der Waals surface area (Å²) in [5, 5.41) is 0. The molecule has 3 amide bonds. The van der Waals surface area contributed by atoms with Crippen molar-refractivity contribution < 1.29 is 28.6 Å². The number of hydrogen-bond donors (Lipinski definition) is 3.